The molecule has 318 valence electrons. The molecule has 4 heterocycles. The molecule has 2 aromatic heterocycles. The number of alkyl carbamates (subject to hydrolysis) is 1. The second-order valence-corrected chi connectivity index (χ2v) is 19.3. The summed E-state index contributed by atoms with van der Waals surface area (Å²) in [5, 5.41) is 5.64. The number of fused-ring (bicyclic) bond motifs is 5. The Labute approximate surface area is 346 Å². The topological polar surface area (TPSA) is 199 Å². The molecule has 4 aliphatic rings. The van der Waals surface area contributed by atoms with Crippen LogP contribution in [0.4, 0.5) is 9.18 Å². The first-order chi connectivity index (χ1) is 28.5. The van der Waals surface area contributed by atoms with E-state index in [1.165, 1.54) is 17.0 Å². The predicted octanol–water partition coefficient (Wildman–Crippen LogP) is 5.74. The van der Waals surface area contributed by atoms with E-state index >= 15 is 0 Å². The zero-order valence-electron chi connectivity index (χ0n) is 34.0. The molecule has 3 N–H and O–H groups in total. The van der Waals surface area contributed by atoms with Crippen molar-refractivity contribution in [3.63, 3.8) is 0 Å². The molecule has 60 heavy (non-hydrogen) atoms. The second-order valence-electron chi connectivity index (χ2n) is 17.3. The second kappa shape index (κ2) is 15.8. The Kier molecular flexibility index (Phi) is 10.8. The molecule has 0 bridgehead atoms. The molecular formula is C43H49FN6O9S. The normalized spacial score (nSPS) is 25.6. The Morgan fingerprint density at radius 2 is 1.80 bits per heavy atom. The number of furan rings is 1. The third-order valence-electron chi connectivity index (χ3n) is 11.4. The van der Waals surface area contributed by atoms with Crippen molar-refractivity contribution in [2.45, 2.75) is 120 Å². The molecule has 2 saturated carbocycles. The summed E-state index contributed by atoms with van der Waals surface area (Å²) in [6.45, 7) is 6.94. The Bertz CT molecular complexity index is 2500. The van der Waals surface area contributed by atoms with Crippen LogP contribution in [-0.2, 0) is 29.1 Å². The van der Waals surface area contributed by atoms with Crippen LogP contribution in [0.25, 0.3) is 33.5 Å². The summed E-state index contributed by atoms with van der Waals surface area (Å²) in [6, 6.07) is 9.02. The van der Waals surface area contributed by atoms with Crippen LogP contribution in [0, 0.1) is 18.7 Å². The minimum Gasteiger partial charge on any atom is -0.470 e. The van der Waals surface area contributed by atoms with E-state index < -0.39 is 80.2 Å². The van der Waals surface area contributed by atoms with E-state index in [2.05, 4.69) is 15.4 Å². The van der Waals surface area contributed by atoms with Gasteiger partial charge >= 0.3 is 6.09 Å². The Morgan fingerprint density at radius 3 is 2.53 bits per heavy atom. The van der Waals surface area contributed by atoms with Gasteiger partial charge in [0.15, 0.2) is 5.82 Å². The number of aromatic nitrogens is 2. The van der Waals surface area contributed by atoms with Crippen LogP contribution in [0.5, 0.6) is 5.88 Å². The minimum atomic E-state index is -3.94. The number of hydrogen-bond acceptors (Lipinski definition) is 11. The summed E-state index contributed by atoms with van der Waals surface area (Å²) in [7, 11) is -3.94. The third-order valence-corrected chi connectivity index (χ3v) is 13.2. The molecule has 8 rings (SSSR count). The van der Waals surface area contributed by atoms with Gasteiger partial charge in [0.05, 0.1) is 11.8 Å². The van der Waals surface area contributed by atoms with Crippen molar-refractivity contribution < 1.29 is 45.9 Å². The van der Waals surface area contributed by atoms with Gasteiger partial charge in [-0.3, -0.25) is 19.1 Å². The predicted molar refractivity (Wildman–Crippen MR) is 218 cm³/mol. The van der Waals surface area contributed by atoms with Gasteiger partial charge in [-0.15, -0.1) is 0 Å². The SMILES string of the molecule is Cc1ccc2oc3c(O[C@@H]4C[C@H]5C(=O)N[C@]6(C(=O)NS(=O)(=O)C7CC7)C[C@@H]6/C=C\CCCCC[C@H](NC(=O)OC(C)(C)C)C(=O)N5C4)nc(-c4ccc(F)cc4)nc3c2c1. The number of halogens is 1. The molecule has 2 aliphatic heterocycles. The number of nitrogens with zero attached hydrogens (tertiary/aromatic N) is 3. The number of amides is 4. The smallest absolute Gasteiger partial charge is 0.408 e. The van der Waals surface area contributed by atoms with Crippen LogP contribution in [-0.4, -0.2) is 88.2 Å². The van der Waals surface area contributed by atoms with Gasteiger partial charge < -0.3 is 29.4 Å². The first-order valence-corrected chi connectivity index (χ1v) is 22.0. The number of sulfonamides is 1. The molecule has 2 aliphatic carbocycles. The third kappa shape index (κ3) is 8.67. The molecule has 1 saturated heterocycles. The lowest BCUT2D eigenvalue weighted by Crippen LogP contribution is -2.58. The molecule has 5 atom stereocenters. The molecule has 2 aromatic carbocycles. The lowest BCUT2D eigenvalue weighted by atomic mass is 10.0. The standard InChI is InChI=1S/C43H49FN6O9S/c1-24-12-19-33-30(20-24)34-35(58-33)38(47-36(46-34)25-13-15-27(44)16-14-25)57-28-21-32-37(51)48-43(40(53)49-60(55,56)29-17-18-29)22-26(43)10-8-6-5-7-9-11-31(39(52)50(32)23-28)45-41(54)59-42(2,3)4/h8,10,12-16,19-20,26,28-29,31-32H,5-7,9,11,17-18,21-23H2,1-4H3,(H,45,54)(H,48,51)(H,49,53)/b10-8-/t26-,28+,31-,32-,43+/m0/s1. The molecular weight excluding hydrogens is 796 g/mol. The molecule has 0 radical (unpaired) electrons. The molecule has 3 fully saturated rings. The fourth-order valence-corrected chi connectivity index (χ4v) is 9.36. The van der Waals surface area contributed by atoms with E-state index in [0.29, 0.717) is 47.7 Å². The fourth-order valence-electron chi connectivity index (χ4n) is 8.00. The van der Waals surface area contributed by atoms with Gasteiger partial charge in [-0.05, 0) is 103 Å². The lowest BCUT2D eigenvalue weighted by molar-refractivity contribution is -0.141. The van der Waals surface area contributed by atoms with Crippen LogP contribution in [0.1, 0.15) is 84.1 Å². The van der Waals surface area contributed by atoms with Crippen molar-refractivity contribution >= 4 is 55.9 Å². The molecule has 0 spiro atoms. The minimum absolute atomic E-state index is 0.0331. The van der Waals surface area contributed by atoms with Gasteiger partial charge in [0.1, 0.15) is 46.2 Å². The quantitative estimate of drug-likeness (QED) is 0.192. The molecule has 17 heteroatoms. The average molecular weight is 845 g/mol. The van der Waals surface area contributed by atoms with Crippen LogP contribution in [0.15, 0.2) is 59.0 Å². The van der Waals surface area contributed by atoms with E-state index in [4.69, 9.17) is 23.9 Å². The van der Waals surface area contributed by atoms with E-state index in [0.717, 1.165) is 18.4 Å². The fraction of sp³-hybridized carbons (Fsp3) is 0.488. The Morgan fingerprint density at radius 1 is 1.03 bits per heavy atom. The number of ether oxygens (including phenoxy) is 2. The lowest BCUT2D eigenvalue weighted by Gasteiger charge is -2.30. The summed E-state index contributed by atoms with van der Waals surface area (Å²) in [5.41, 5.74) is 0.258. The number of carbonyl (C=O) groups is 4. The van der Waals surface area contributed by atoms with Crippen LogP contribution in [0.3, 0.4) is 0 Å². The maximum atomic E-state index is 14.7. The van der Waals surface area contributed by atoms with Crippen LogP contribution < -0.4 is 20.1 Å². The van der Waals surface area contributed by atoms with Gasteiger partial charge in [-0.25, -0.2) is 22.6 Å². The highest BCUT2D eigenvalue weighted by Crippen LogP contribution is 2.46. The number of benzene rings is 2. The largest absolute Gasteiger partial charge is 0.470 e. The van der Waals surface area contributed by atoms with Crippen LogP contribution in [0.2, 0.25) is 0 Å². The molecule has 4 amide bonds. The number of allylic oxidation sites excluding steroid dienone is 1. The monoisotopic (exact) mass is 844 g/mol. The summed E-state index contributed by atoms with van der Waals surface area (Å²) >= 11 is 0. The first kappa shape index (κ1) is 41.2. The average Bonchev–Trinajstić information content (AvgIpc) is 4.08. The zero-order chi connectivity index (χ0) is 42.6. The van der Waals surface area contributed by atoms with E-state index in [9.17, 15) is 32.0 Å². The van der Waals surface area contributed by atoms with Gasteiger partial charge in [0.2, 0.25) is 27.4 Å². The number of hydrogen-bond donors (Lipinski definition) is 3. The maximum absolute atomic E-state index is 14.7. The van der Waals surface area contributed by atoms with Crippen molar-refractivity contribution in [1.82, 2.24) is 30.2 Å². The van der Waals surface area contributed by atoms with Gasteiger partial charge in [-0.2, -0.15) is 4.98 Å². The molecule has 4 aromatic rings. The highest BCUT2D eigenvalue weighted by molar-refractivity contribution is 7.91. The Balaban J connectivity index is 1.15. The van der Waals surface area contributed by atoms with E-state index in [1.54, 1.807) is 32.9 Å². The van der Waals surface area contributed by atoms with Gasteiger partial charge in [0.25, 0.3) is 11.8 Å². The van der Waals surface area contributed by atoms with Gasteiger partial charge in [0, 0.05) is 23.3 Å². The number of carbonyl (C=O) groups excluding carboxylic acids is 4. The van der Waals surface area contributed by atoms with Crippen molar-refractivity contribution in [2.24, 2.45) is 5.92 Å². The van der Waals surface area contributed by atoms with E-state index in [-0.39, 0.29) is 43.1 Å². The highest BCUT2D eigenvalue weighted by Gasteiger charge is 2.62. The van der Waals surface area contributed by atoms with E-state index in [1.807, 2.05) is 37.3 Å². The summed E-state index contributed by atoms with van der Waals surface area (Å²) in [4.78, 5) is 67.1. The van der Waals surface area contributed by atoms with Crippen molar-refractivity contribution in [2.75, 3.05) is 6.54 Å². The first-order valence-electron chi connectivity index (χ1n) is 20.5. The highest BCUT2D eigenvalue weighted by atomic mass is 32.2. The molecule has 0 unspecified atom stereocenters. The van der Waals surface area contributed by atoms with Crippen molar-refractivity contribution in [3.8, 4) is 17.3 Å². The van der Waals surface area contributed by atoms with Crippen LogP contribution >= 0.6 is 0 Å². The summed E-state index contributed by atoms with van der Waals surface area (Å²) < 4.78 is 60.4. The number of nitrogens with one attached hydrogen (secondary N) is 3. The summed E-state index contributed by atoms with van der Waals surface area (Å²) in [6.07, 6.45) is 6.10. The maximum Gasteiger partial charge on any atom is 0.408 e. The van der Waals surface area contributed by atoms with Gasteiger partial charge in [-0.1, -0.05) is 36.6 Å². The zero-order valence-corrected chi connectivity index (χ0v) is 34.8. The van der Waals surface area contributed by atoms with Crippen molar-refractivity contribution in [1.29, 1.82) is 0 Å². The Hall–Kier alpha value is -5.58. The number of aryl methyl sites for hydroxylation is 1. The van der Waals surface area contributed by atoms with Crippen molar-refractivity contribution in [3.05, 3.63) is 66.0 Å². The molecule has 15 nitrogen and oxygen atoms in total. The summed E-state index contributed by atoms with van der Waals surface area (Å²) in [5.74, 6) is -2.72. The number of rotatable bonds is 7.